The van der Waals surface area contributed by atoms with Gasteiger partial charge in [-0.15, -0.1) is 0 Å². The predicted molar refractivity (Wildman–Crippen MR) is 89.3 cm³/mol. The SMILES string of the molecule is Cc1[nH]c2ccccc2c1CN(C)C1CCCCC1CN. The van der Waals surface area contributed by atoms with Crippen molar-refractivity contribution in [3.63, 3.8) is 0 Å². The molecule has 1 aromatic carbocycles. The van der Waals surface area contributed by atoms with Crippen LogP contribution < -0.4 is 5.73 Å². The van der Waals surface area contributed by atoms with Crippen molar-refractivity contribution in [1.29, 1.82) is 0 Å². The number of hydrogen-bond donors (Lipinski definition) is 2. The quantitative estimate of drug-likeness (QED) is 0.904. The number of benzene rings is 1. The second kappa shape index (κ2) is 6.20. The molecule has 1 fully saturated rings. The summed E-state index contributed by atoms with van der Waals surface area (Å²) in [6, 6.07) is 9.25. The summed E-state index contributed by atoms with van der Waals surface area (Å²) in [5, 5.41) is 1.36. The van der Waals surface area contributed by atoms with Crippen LogP contribution in [0.5, 0.6) is 0 Å². The summed E-state index contributed by atoms with van der Waals surface area (Å²) >= 11 is 0. The van der Waals surface area contributed by atoms with Gasteiger partial charge in [-0.05, 0) is 50.9 Å². The number of rotatable bonds is 4. The first-order valence-corrected chi connectivity index (χ1v) is 8.17. The van der Waals surface area contributed by atoms with Crippen LogP contribution in [0, 0.1) is 12.8 Å². The Bertz CT molecular complexity index is 602. The van der Waals surface area contributed by atoms with Gasteiger partial charge in [0, 0.05) is 29.2 Å². The van der Waals surface area contributed by atoms with Gasteiger partial charge in [0.25, 0.3) is 0 Å². The van der Waals surface area contributed by atoms with Crippen LogP contribution in [0.4, 0.5) is 0 Å². The number of aromatic nitrogens is 1. The lowest BCUT2D eigenvalue weighted by Crippen LogP contribution is -2.42. The van der Waals surface area contributed by atoms with Crippen LogP contribution in [-0.4, -0.2) is 29.5 Å². The first-order valence-electron chi connectivity index (χ1n) is 8.17. The molecule has 21 heavy (non-hydrogen) atoms. The molecule has 0 bridgehead atoms. The van der Waals surface area contributed by atoms with E-state index < -0.39 is 0 Å². The van der Waals surface area contributed by atoms with Crippen molar-refractivity contribution in [3.8, 4) is 0 Å². The molecule has 0 spiro atoms. The van der Waals surface area contributed by atoms with Crippen molar-refractivity contribution < 1.29 is 0 Å². The highest BCUT2D eigenvalue weighted by Crippen LogP contribution is 2.30. The summed E-state index contributed by atoms with van der Waals surface area (Å²) in [4.78, 5) is 6.04. The zero-order chi connectivity index (χ0) is 14.8. The summed E-state index contributed by atoms with van der Waals surface area (Å²) < 4.78 is 0. The number of fused-ring (bicyclic) bond motifs is 1. The third-order valence-corrected chi connectivity index (χ3v) is 5.17. The van der Waals surface area contributed by atoms with E-state index in [1.54, 1.807) is 0 Å². The third kappa shape index (κ3) is 2.85. The van der Waals surface area contributed by atoms with Crippen LogP contribution in [0.15, 0.2) is 24.3 Å². The maximum atomic E-state index is 5.99. The Kier molecular flexibility index (Phi) is 4.32. The molecule has 1 aromatic heterocycles. The minimum Gasteiger partial charge on any atom is -0.358 e. The molecule has 0 radical (unpaired) electrons. The Morgan fingerprint density at radius 1 is 1.24 bits per heavy atom. The minimum absolute atomic E-state index is 0.636. The highest BCUT2D eigenvalue weighted by Gasteiger charge is 2.27. The summed E-state index contributed by atoms with van der Waals surface area (Å²) in [6.45, 7) is 4.02. The molecule has 3 rings (SSSR count). The molecular weight excluding hydrogens is 258 g/mol. The summed E-state index contributed by atoms with van der Waals surface area (Å²) in [6.07, 6.45) is 5.27. The average molecular weight is 285 g/mol. The zero-order valence-electron chi connectivity index (χ0n) is 13.2. The molecule has 1 heterocycles. The smallest absolute Gasteiger partial charge is 0.0459 e. The molecule has 0 aliphatic heterocycles. The zero-order valence-corrected chi connectivity index (χ0v) is 13.2. The molecule has 1 saturated carbocycles. The van der Waals surface area contributed by atoms with Crippen molar-refractivity contribution in [2.24, 2.45) is 11.7 Å². The molecule has 2 atom stereocenters. The number of aryl methyl sites for hydroxylation is 1. The van der Waals surface area contributed by atoms with Gasteiger partial charge in [-0.2, -0.15) is 0 Å². The van der Waals surface area contributed by atoms with Crippen molar-refractivity contribution in [3.05, 3.63) is 35.5 Å². The molecule has 2 aromatic rings. The summed E-state index contributed by atoms with van der Waals surface area (Å²) in [7, 11) is 2.26. The van der Waals surface area contributed by atoms with Crippen molar-refractivity contribution in [2.75, 3.05) is 13.6 Å². The van der Waals surface area contributed by atoms with E-state index in [0.29, 0.717) is 12.0 Å². The minimum atomic E-state index is 0.636. The molecular formula is C18H27N3. The Morgan fingerprint density at radius 2 is 2.00 bits per heavy atom. The number of nitrogens with one attached hydrogen (secondary N) is 1. The Hall–Kier alpha value is -1.32. The molecule has 3 N–H and O–H groups in total. The van der Waals surface area contributed by atoms with E-state index in [2.05, 4.69) is 48.1 Å². The van der Waals surface area contributed by atoms with Gasteiger partial charge in [0.15, 0.2) is 0 Å². The van der Waals surface area contributed by atoms with Gasteiger partial charge in [-0.3, -0.25) is 4.90 Å². The van der Waals surface area contributed by atoms with Gasteiger partial charge < -0.3 is 10.7 Å². The molecule has 1 aliphatic carbocycles. The number of aromatic amines is 1. The highest BCUT2D eigenvalue weighted by molar-refractivity contribution is 5.84. The second-order valence-corrected chi connectivity index (χ2v) is 6.54. The highest BCUT2D eigenvalue weighted by atomic mass is 15.1. The van der Waals surface area contributed by atoms with Crippen LogP contribution >= 0.6 is 0 Å². The normalized spacial score (nSPS) is 23.0. The van der Waals surface area contributed by atoms with E-state index in [4.69, 9.17) is 5.73 Å². The standard InChI is InChI=1S/C18H27N3/c1-13-16(15-8-4-5-9-17(15)20-13)12-21(2)18-10-6-3-7-14(18)11-19/h4-5,8-9,14,18,20H,3,6-7,10-12,19H2,1-2H3. The largest absolute Gasteiger partial charge is 0.358 e. The van der Waals surface area contributed by atoms with Crippen molar-refractivity contribution >= 4 is 10.9 Å². The molecule has 0 amide bonds. The maximum Gasteiger partial charge on any atom is 0.0459 e. The lowest BCUT2D eigenvalue weighted by atomic mass is 9.83. The molecule has 3 heteroatoms. The fourth-order valence-corrected chi connectivity index (χ4v) is 3.95. The fraction of sp³-hybridized carbons (Fsp3) is 0.556. The number of hydrogen-bond acceptors (Lipinski definition) is 2. The van der Waals surface area contributed by atoms with Gasteiger partial charge in [0.05, 0.1) is 0 Å². The van der Waals surface area contributed by atoms with Gasteiger partial charge >= 0.3 is 0 Å². The topological polar surface area (TPSA) is 45.0 Å². The van der Waals surface area contributed by atoms with Gasteiger partial charge in [-0.1, -0.05) is 31.0 Å². The van der Waals surface area contributed by atoms with E-state index >= 15 is 0 Å². The van der Waals surface area contributed by atoms with Crippen molar-refractivity contribution in [1.82, 2.24) is 9.88 Å². The van der Waals surface area contributed by atoms with Crippen LogP contribution in [0.1, 0.15) is 36.9 Å². The molecule has 3 nitrogen and oxygen atoms in total. The summed E-state index contributed by atoms with van der Waals surface area (Å²) in [5.74, 6) is 0.661. The Morgan fingerprint density at radius 3 is 2.81 bits per heavy atom. The number of para-hydroxylation sites is 1. The van der Waals surface area contributed by atoms with Crippen LogP contribution in [-0.2, 0) is 6.54 Å². The molecule has 114 valence electrons. The number of nitrogens with two attached hydrogens (primary N) is 1. The lowest BCUT2D eigenvalue weighted by Gasteiger charge is -2.37. The molecule has 1 aliphatic rings. The van der Waals surface area contributed by atoms with E-state index in [-0.39, 0.29) is 0 Å². The Balaban J connectivity index is 1.82. The monoisotopic (exact) mass is 285 g/mol. The average Bonchev–Trinajstić information content (AvgIpc) is 2.83. The van der Waals surface area contributed by atoms with Gasteiger partial charge in [-0.25, -0.2) is 0 Å². The fourth-order valence-electron chi connectivity index (χ4n) is 3.95. The van der Waals surface area contributed by atoms with Crippen LogP contribution in [0.2, 0.25) is 0 Å². The number of H-pyrrole nitrogens is 1. The van der Waals surface area contributed by atoms with Gasteiger partial charge in [0.2, 0.25) is 0 Å². The van der Waals surface area contributed by atoms with Crippen LogP contribution in [0.25, 0.3) is 10.9 Å². The molecule has 2 unspecified atom stereocenters. The van der Waals surface area contributed by atoms with Gasteiger partial charge in [0.1, 0.15) is 0 Å². The Labute approximate surface area is 127 Å². The van der Waals surface area contributed by atoms with E-state index in [1.165, 1.54) is 47.8 Å². The van der Waals surface area contributed by atoms with E-state index in [1.807, 2.05) is 0 Å². The maximum absolute atomic E-state index is 5.99. The van der Waals surface area contributed by atoms with Crippen LogP contribution in [0.3, 0.4) is 0 Å². The third-order valence-electron chi connectivity index (χ3n) is 5.17. The molecule has 0 saturated heterocycles. The first kappa shape index (κ1) is 14.6. The van der Waals surface area contributed by atoms with E-state index in [9.17, 15) is 0 Å². The first-order chi connectivity index (χ1) is 10.2. The lowest BCUT2D eigenvalue weighted by molar-refractivity contribution is 0.127. The summed E-state index contributed by atoms with van der Waals surface area (Å²) in [5.41, 5.74) is 9.97. The van der Waals surface area contributed by atoms with Crippen molar-refractivity contribution in [2.45, 2.75) is 45.2 Å². The number of nitrogens with zero attached hydrogens (tertiary/aromatic N) is 1. The second-order valence-electron chi connectivity index (χ2n) is 6.54. The predicted octanol–water partition coefficient (Wildman–Crippen LogP) is 3.43. The van der Waals surface area contributed by atoms with E-state index in [0.717, 1.165) is 13.1 Å².